The SMILES string of the molecule is Cc1ccc(-c2cc(CC(C)C)c(CC(C)C)cn2)c(C)c1. The van der Waals surface area contributed by atoms with Crippen LogP contribution in [-0.4, -0.2) is 4.98 Å². The van der Waals surface area contributed by atoms with Gasteiger partial charge in [0, 0.05) is 11.8 Å². The highest BCUT2D eigenvalue weighted by Crippen LogP contribution is 2.26. The molecule has 0 aliphatic rings. The highest BCUT2D eigenvalue weighted by atomic mass is 14.7. The number of pyridine rings is 1. The van der Waals surface area contributed by atoms with Gasteiger partial charge >= 0.3 is 0 Å². The molecular weight excluding hydrogens is 266 g/mol. The van der Waals surface area contributed by atoms with Crippen molar-refractivity contribution in [3.05, 3.63) is 52.7 Å². The van der Waals surface area contributed by atoms with Crippen LogP contribution in [0.3, 0.4) is 0 Å². The fourth-order valence-corrected chi connectivity index (χ4v) is 3.03. The maximum absolute atomic E-state index is 4.76. The molecule has 2 rings (SSSR count). The Morgan fingerprint density at radius 2 is 1.50 bits per heavy atom. The maximum Gasteiger partial charge on any atom is 0.0707 e. The van der Waals surface area contributed by atoms with Gasteiger partial charge in [-0.05, 0) is 61.3 Å². The summed E-state index contributed by atoms with van der Waals surface area (Å²) in [6.45, 7) is 13.4. The average molecular weight is 295 g/mol. The van der Waals surface area contributed by atoms with Gasteiger partial charge in [-0.1, -0.05) is 51.5 Å². The summed E-state index contributed by atoms with van der Waals surface area (Å²) in [5, 5.41) is 0. The predicted octanol–water partition coefficient (Wildman–Crippen LogP) is 5.76. The average Bonchev–Trinajstić information content (AvgIpc) is 2.40. The van der Waals surface area contributed by atoms with E-state index in [1.807, 2.05) is 0 Å². The highest BCUT2D eigenvalue weighted by molar-refractivity contribution is 5.65. The quantitative estimate of drug-likeness (QED) is 0.683. The predicted molar refractivity (Wildman–Crippen MR) is 96.2 cm³/mol. The molecule has 1 heterocycles. The van der Waals surface area contributed by atoms with Gasteiger partial charge in [0.15, 0.2) is 0 Å². The second kappa shape index (κ2) is 7.09. The lowest BCUT2D eigenvalue weighted by atomic mass is 9.92. The van der Waals surface area contributed by atoms with E-state index in [2.05, 4.69) is 72.0 Å². The van der Waals surface area contributed by atoms with Crippen LogP contribution in [0.4, 0.5) is 0 Å². The van der Waals surface area contributed by atoms with Crippen LogP contribution in [0.15, 0.2) is 30.5 Å². The van der Waals surface area contributed by atoms with E-state index in [9.17, 15) is 0 Å². The van der Waals surface area contributed by atoms with Gasteiger partial charge in [-0.15, -0.1) is 0 Å². The van der Waals surface area contributed by atoms with Crippen LogP contribution < -0.4 is 0 Å². The number of aryl methyl sites for hydroxylation is 2. The zero-order valence-electron chi connectivity index (χ0n) is 14.9. The summed E-state index contributed by atoms with van der Waals surface area (Å²) in [7, 11) is 0. The topological polar surface area (TPSA) is 12.9 Å². The van der Waals surface area contributed by atoms with Crippen molar-refractivity contribution in [2.45, 2.75) is 54.4 Å². The number of hydrogen-bond donors (Lipinski definition) is 0. The summed E-state index contributed by atoms with van der Waals surface area (Å²) >= 11 is 0. The molecule has 1 nitrogen and oxygen atoms in total. The Hall–Kier alpha value is -1.63. The zero-order valence-corrected chi connectivity index (χ0v) is 14.9. The lowest BCUT2D eigenvalue weighted by Gasteiger charge is -2.15. The molecule has 1 aromatic carbocycles. The van der Waals surface area contributed by atoms with Crippen molar-refractivity contribution in [3.63, 3.8) is 0 Å². The van der Waals surface area contributed by atoms with E-state index in [0.29, 0.717) is 11.8 Å². The number of aromatic nitrogens is 1. The summed E-state index contributed by atoms with van der Waals surface area (Å²) in [5.41, 5.74) is 7.86. The first-order valence-corrected chi connectivity index (χ1v) is 8.42. The molecule has 0 aliphatic heterocycles. The van der Waals surface area contributed by atoms with Crippen LogP contribution in [0.25, 0.3) is 11.3 Å². The lowest BCUT2D eigenvalue weighted by molar-refractivity contribution is 0.614. The van der Waals surface area contributed by atoms with E-state index < -0.39 is 0 Å². The molecule has 0 saturated heterocycles. The number of rotatable bonds is 5. The maximum atomic E-state index is 4.76. The molecule has 118 valence electrons. The van der Waals surface area contributed by atoms with E-state index in [0.717, 1.165) is 18.5 Å². The van der Waals surface area contributed by atoms with Gasteiger partial charge in [0.1, 0.15) is 0 Å². The van der Waals surface area contributed by atoms with Crippen molar-refractivity contribution < 1.29 is 0 Å². The molecule has 0 atom stereocenters. The first-order chi connectivity index (χ1) is 10.4. The third-order valence-corrected chi connectivity index (χ3v) is 4.00. The minimum atomic E-state index is 0.666. The normalized spacial score (nSPS) is 11.5. The number of nitrogens with zero attached hydrogens (tertiary/aromatic N) is 1. The molecule has 1 heteroatoms. The van der Waals surface area contributed by atoms with Crippen LogP contribution in [0.2, 0.25) is 0 Å². The molecule has 0 radical (unpaired) electrons. The standard InChI is InChI=1S/C21H29N/c1-14(2)9-18-12-21(22-13-19(18)10-15(3)4)20-8-7-16(5)11-17(20)6/h7-8,11-15H,9-10H2,1-6H3. The molecule has 1 aromatic heterocycles. The van der Waals surface area contributed by atoms with Crippen molar-refractivity contribution in [2.75, 3.05) is 0 Å². The fourth-order valence-electron chi connectivity index (χ4n) is 3.03. The van der Waals surface area contributed by atoms with Crippen molar-refractivity contribution in [1.82, 2.24) is 4.98 Å². The van der Waals surface area contributed by atoms with Crippen molar-refractivity contribution in [2.24, 2.45) is 11.8 Å². The van der Waals surface area contributed by atoms with Gasteiger partial charge in [0.25, 0.3) is 0 Å². The number of benzene rings is 1. The molecule has 0 saturated carbocycles. The Bertz CT molecular complexity index is 638. The Balaban J connectivity index is 2.45. The Morgan fingerprint density at radius 1 is 0.864 bits per heavy atom. The Kier molecular flexibility index (Phi) is 5.39. The molecule has 0 amide bonds. The summed E-state index contributed by atoms with van der Waals surface area (Å²) in [5.74, 6) is 1.33. The zero-order chi connectivity index (χ0) is 16.3. The third-order valence-electron chi connectivity index (χ3n) is 4.00. The first kappa shape index (κ1) is 16.7. The largest absolute Gasteiger partial charge is 0.256 e. The minimum absolute atomic E-state index is 0.666. The second-order valence-corrected chi connectivity index (χ2v) is 7.35. The van der Waals surface area contributed by atoms with E-state index >= 15 is 0 Å². The number of hydrogen-bond acceptors (Lipinski definition) is 1. The van der Waals surface area contributed by atoms with Gasteiger partial charge in [0.2, 0.25) is 0 Å². The second-order valence-electron chi connectivity index (χ2n) is 7.35. The van der Waals surface area contributed by atoms with Gasteiger partial charge in [-0.3, -0.25) is 4.98 Å². The minimum Gasteiger partial charge on any atom is -0.256 e. The summed E-state index contributed by atoms with van der Waals surface area (Å²) in [6.07, 6.45) is 4.34. The van der Waals surface area contributed by atoms with E-state index in [-0.39, 0.29) is 0 Å². The molecule has 2 aromatic rings. The molecule has 22 heavy (non-hydrogen) atoms. The Morgan fingerprint density at radius 3 is 2.09 bits per heavy atom. The Labute approximate surface area is 135 Å². The lowest BCUT2D eigenvalue weighted by Crippen LogP contribution is -2.05. The van der Waals surface area contributed by atoms with Crippen LogP contribution in [-0.2, 0) is 12.8 Å². The van der Waals surface area contributed by atoms with Crippen LogP contribution in [0.5, 0.6) is 0 Å². The fraction of sp³-hybridized carbons (Fsp3) is 0.476. The van der Waals surface area contributed by atoms with E-state index in [1.165, 1.54) is 27.8 Å². The first-order valence-electron chi connectivity index (χ1n) is 8.42. The molecular formula is C21H29N. The van der Waals surface area contributed by atoms with Crippen LogP contribution >= 0.6 is 0 Å². The van der Waals surface area contributed by atoms with Gasteiger partial charge in [0.05, 0.1) is 5.69 Å². The smallest absolute Gasteiger partial charge is 0.0707 e. The summed E-state index contributed by atoms with van der Waals surface area (Å²) in [4.78, 5) is 4.76. The van der Waals surface area contributed by atoms with Gasteiger partial charge in [-0.2, -0.15) is 0 Å². The molecule has 0 N–H and O–H groups in total. The van der Waals surface area contributed by atoms with E-state index in [1.54, 1.807) is 0 Å². The van der Waals surface area contributed by atoms with E-state index in [4.69, 9.17) is 4.98 Å². The molecule has 0 fully saturated rings. The van der Waals surface area contributed by atoms with Gasteiger partial charge < -0.3 is 0 Å². The van der Waals surface area contributed by atoms with Crippen molar-refractivity contribution in [1.29, 1.82) is 0 Å². The molecule has 0 unspecified atom stereocenters. The van der Waals surface area contributed by atoms with Crippen molar-refractivity contribution in [3.8, 4) is 11.3 Å². The van der Waals surface area contributed by atoms with Crippen LogP contribution in [0.1, 0.15) is 49.9 Å². The molecule has 0 bridgehead atoms. The van der Waals surface area contributed by atoms with Crippen molar-refractivity contribution >= 4 is 0 Å². The molecule has 0 aliphatic carbocycles. The highest BCUT2D eigenvalue weighted by Gasteiger charge is 2.11. The van der Waals surface area contributed by atoms with Crippen LogP contribution in [0, 0.1) is 25.7 Å². The molecule has 0 spiro atoms. The third kappa shape index (κ3) is 4.19. The van der Waals surface area contributed by atoms with Gasteiger partial charge in [-0.25, -0.2) is 0 Å². The summed E-state index contributed by atoms with van der Waals surface area (Å²) < 4.78 is 0. The summed E-state index contributed by atoms with van der Waals surface area (Å²) in [6, 6.07) is 8.93. The monoisotopic (exact) mass is 295 g/mol.